The first-order valence-corrected chi connectivity index (χ1v) is 9.27. The molecular weight excluding hydrogens is 511 g/mol. The Hall–Kier alpha value is -2.44. The van der Waals surface area contributed by atoms with Crippen LogP contribution in [0.5, 0.6) is 0 Å². The molecule has 26 heavy (non-hydrogen) atoms. The van der Waals surface area contributed by atoms with Crippen LogP contribution in [0.25, 0.3) is 23.0 Å². The molecule has 0 aliphatic carbocycles. The number of rotatable bonds is 4. The average Bonchev–Trinajstić information content (AvgIpc) is 3.09. The molecule has 128 valence electrons. The van der Waals surface area contributed by atoms with Crippen LogP contribution in [0.3, 0.4) is 0 Å². The maximum absolute atomic E-state index is 11.3. The molecule has 0 aliphatic heterocycles. The van der Waals surface area contributed by atoms with Gasteiger partial charge in [0.05, 0.1) is 22.1 Å². The normalized spacial score (nSPS) is 11.2. The minimum atomic E-state index is -0.454. The lowest BCUT2D eigenvalue weighted by atomic mass is 10.1. The van der Waals surface area contributed by atoms with E-state index in [9.17, 15) is 15.4 Å². The number of benzene rings is 2. The fraction of sp³-hybridized carbons (Fsp3) is 0. The molecule has 5 nitrogen and oxygen atoms in total. The largest absolute Gasteiger partial charge is 0.456 e. The first kappa shape index (κ1) is 18.4. The van der Waals surface area contributed by atoms with E-state index in [1.165, 1.54) is 6.07 Å². The van der Waals surface area contributed by atoms with Crippen molar-refractivity contribution in [2.24, 2.45) is 0 Å². The second-order valence-electron chi connectivity index (χ2n) is 5.30. The minimum Gasteiger partial charge on any atom is -0.456 e. The molecule has 0 fully saturated rings. The number of nitriles is 1. The second-order valence-corrected chi connectivity index (χ2v) is 7.46. The Morgan fingerprint density at radius 1 is 1.19 bits per heavy atom. The molecule has 1 aromatic heterocycles. The van der Waals surface area contributed by atoms with Gasteiger partial charge in [-0.15, -0.1) is 0 Å². The molecule has 3 aromatic rings. The van der Waals surface area contributed by atoms with Gasteiger partial charge in [0.2, 0.25) is 0 Å². The number of hydrogen-bond acceptors (Lipinski definition) is 4. The highest BCUT2D eigenvalue weighted by atomic mass is 127. The van der Waals surface area contributed by atoms with Crippen molar-refractivity contribution in [1.29, 1.82) is 5.26 Å². The summed E-state index contributed by atoms with van der Waals surface area (Å²) >= 11 is 5.43. The van der Waals surface area contributed by atoms with E-state index in [4.69, 9.17) is 4.42 Å². The summed E-state index contributed by atoms with van der Waals surface area (Å²) in [6.45, 7) is 0. The third-order valence-corrected chi connectivity index (χ3v) is 4.82. The van der Waals surface area contributed by atoms with Gasteiger partial charge in [0.25, 0.3) is 5.69 Å². The van der Waals surface area contributed by atoms with Gasteiger partial charge in [-0.1, -0.05) is 28.1 Å². The fourth-order valence-electron chi connectivity index (χ4n) is 2.39. The van der Waals surface area contributed by atoms with Crippen LogP contribution in [0.15, 0.2) is 63.5 Å². The Kier molecular flexibility index (Phi) is 5.54. The molecular formula is C19H10BrIN2O3. The highest BCUT2D eigenvalue weighted by molar-refractivity contribution is 14.1. The summed E-state index contributed by atoms with van der Waals surface area (Å²) in [7, 11) is 0. The zero-order chi connectivity index (χ0) is 18.7. The zero-order valence-corrected chi connectivity index (χ0v) is 16.9. The van der Waals surface area contributed by atoms with Gasteiger partial charge in [0.1, 0.15) is 11.5 Å². The number of nitro groups is 1. The molecule has 0 aliphatic rings. The smallest absolute Gasteiger partial charge is 0.281 e. The Labute approximate surface area is 171 Å². The van der Waals surface area contributed by atoms with Crippen LogP contribution in [-0.4, -0.2) is 4.92 Å². The van der Waals surface area contributed by atoms with E-state index in [-0.39, 0.29) is 5.69 Å². The molecule has 0 N–H and O–H groups in total. The average molecular weight is 521 g/mol. The van der Waals surface area contributed by atoms with E-state index in [1.54, 1.807) is 30.3 Å². The number of halogens is 2. The van der Waals surface area contributed by atoms with Crippen molar-refractivity contribution in [2.75, 3.05) is 0 Å². The highest BCUT2D eigenvalue weighted by Crippen LogP contribution is 2.34. The number of hydrogen-bond donors (Lipinski definition) is 0. The predicted molar refractivity (Wildman–Crippen MR) is 111 cm³/mol. The number of nitro benzene ring substituents is 1. The minimum absolute atomic E-state index is 0.0533. The molecule has 0 radical (unpaired) electrons. The first-order valence-electron chi connectivity index (χ1n) is 7.40. The topological polar surface area (TPSA) is 80.1 Å². The van der Waals surface area contributed by atoms with Crippen molar-refractivity contribution in [3.63, 3.8) is 0 Å². The van der Waals surface area contributed by atoms with E-state index in [0.717, 1.165) is 9.13 Å². The molecule has 7 heteroatoms. The summed E-state index contributed by atoms with van der Waals surface area (Å²) in [6, 6.07) is 17.8. The van der Waals surface area contributed by atoms with Gasteiger partial charge in [-0.25, -0.2) is 0 Å². The van der Waals surface area contributed by atoms with Gasteiger partial charge >= 0.3 is 0 Å². The van der Waals surface area contributed by atoms with E-state index in [0.29, 0.717) is 27.1 Å². The molecule has 1 heterocycles. The van der Waals surface area contributed by atoms with Crippen molar-refractivity contribution >= 4 is 55.9 Å². The van der Waals surface area contributed by atoms with Gasteiger partial charge in [-0.2, -0.15) is 5.26 Å². The van der Waals surface area contributed by atoms with E-state index >= 15 is 0 Å². The van der Waals surface area contributed by atoms with Gasteiger partial charge in [-0.3, -0.25) is 10.1 Å². The third-order valence-electron chi connectivity index (χ3n) is 3.61. The highest BCUT2D eigenvalue weighted by Gasteiger charge is 2.18. The van der Waals surface area contributed by atoms with Gasteiger partial charge in [-0.05, 0) is 70.6 Å². The van der Waals surface area contributed by atoms with Crippen LogP contribution in [0.4, 0.5) is 5.69 Å². The summed E-state index contributed by atoms with van der Waals surface area (Å²) in [6.07, 6.45) is 1.62. The monoisotopic (exact) mass is 520 g/mol. The van der Waals surface area contributed by atoms with Crippen molar-refractivity contribution < 1.29 is 9.34 Å². The molecule has 0 saturated carbocycles. The number of nitrogens with zero attached hydrogens (tertiary/aromatic N) is 2. The van der Waals surface area contributed by atoms with E-state index < -0.39 is 4.92 Å². The fourth-order valence-corrected chi connectivity index (χ4v) is 3.10. The molecule has 0 amide bonds. The lowest BCUT2D eigenvalue weighted by Gasteiger charge is -2.01. The van der Waals surface area contributed by atoms with Gasteiger partial charge < -0.3 is 4.42 Å². The van der Waals surface area contributed by atoms with Crippen LogP contribution in [0.2, 0.25) is 0 Å². The Balaban J connectivity index is 1.99. The maximum Gasteiger partial charge on any atom is 0.281 e. The Morgan fingerprint density at radius 2 is 1.92 bits per heavy atom. The number of allylic oxidation sites excluding steroid dienone is 1. The van der Waals surface area contributed by atoms with Crippen LogP contribution in [-0.2, 0) is 0 Å². The van der Waals surface area contributed by atoms with Crippen LogP contribution < -0.4 is 0 Å². The Morgan fingerprint density at radius 3 is 2.58 bits per heavy atom. The van der Waals surface area contributed by atoms with E-state index in [1.807, 2.05) is 24.3 Å². The van der Waals surface area contributed by atoms with Crippen molar-refractivity contribution in [3.05, 3.63) is 84.1 Å². The second kappa shape index (κ2) is 7.85. The summed E-state index contributed by atoms with van der Waals surface area (Å²) in [4.78, 5) is 10.8. The molecule has 0 atom stereocenters. The van der Waals surface area contributed by atoms with Gasteiger partial charge in [0.15, 0.2) is 0 Å². The molecule has 0 unspecified atom stereocenters. The van der Waals surface area contributed by atoms with Crippen molar-refractivity contribution in [2.45, 2.75) is 0 Å². The Bertz CT molecular complexity index is 1050. The predicted octanol–water partition coefficient (Wildman–Crippen LogP) is 6.29. The molecule has 3 rings (SSSR count). The SMILES string of the molecule is N#C/C(=C/c1ccc(-c2ccc(Br)cc2[N+](=O)[O-])o1)c1ccc(I)cc1. The van der Waals surface area contributed by atoms with Crippen LogP contribution in [0.1, 0.15) is 11.3 Å². The number of furan rings is 1. The lowest BCUT2D eigenvalue weighted by molar-refractivity contribution is -0.384. The standard InChI is InChI=1S/C19H10BrIN2O3/c20-14-3-7-17(18(10-14)23(24)25)19-8-6-16(26-19)9-13(11-22)12-1-4-15(21)5-2-12/h1-10H/b13-9-. The summed E-state index contributed by atoms with van der Waals surface area (Å²) in [5.41, 5.74) is 1.56. The lowest BCUT2D eigenvalue weighted by Crippen LogP contribution is -1.91. The quantitative estimate of drug-likeness (QED) is 0.175. The third kappa shape index (κ3) is 4.03. The first-order chi connectivity index (χ1) is 12.5. The molecule has 0 spiro atoms. The molecule has 0 saturated heterocycles. The molecule has 2 aromatic carbocycles. The summed E-state index contributed by atoms with van der Waals surface area (Å²) in [5, 5.41) is 20.7. The molecule has 0 bridgehead atoms. The van der Waals surface area contributed by atoms with E-state index in [2.05, 4.69) is 44.6 Å². The zero-order valence-electron chi connectivity index (χ0n) is 13.1. The maximum atomic E-state index is 11.3. The summed E-state index contributed by atoms with van der Waals surface area (Å²) < 4.78 is 7.42. The van der Waals surface area contributed by atoms with Crippen molar-refractivity contribution in [1.82, 2.24) is 0 Å². The van der Waals surface area contributed by atoms with Crippen LogP contribution >= 0.6 is 38.5 Å². The van der Waals surface area contributed by atoms with Crippen molar-refractivity contribution in [3.8, 4) is 17.4 Å². The summed E-state index contributed by atoms with van der Waals surface area (Å²) in [5.74, 6) is 0.822. The van der Waals surface area contributed by atoms with Crippen LogP contribution in [0, 0.1) is 25.0 Å². The van der Waals surface area contributed by atoms with Gasteiger partial charge in [0, 0.05) is 14.1 Å².